The molecular weight excluding hydrogens is 228 g/mol. The third kappa shape index (κ3) is 1.48. The van der Waals surface area contributed by atoms with Gasteiger partial charge in [-0.25, -0.2) is 0 Å². The van der Waals surface area contributed by atoms with E-state index in [0.29, 0.717) is 5.76 Å². The minimum Gasteiger partial charge on any atom is -0.497 e. The van der Waals surface area contributed by atoms with E-state index in [1.165, 1.54) is 6.08 Å². The van der Waals surface area contributed by atoms with Gasteiger partial charge < -0.3 is 9.47 Å². The van der Waals surface area contributed by atoms with Gasteiger partial charge in [0.05, 0.1) is 14.2 Å². The van der Waals surface area contributed by atoms with Crippen LogP contribution in [0.3, 0.4) is 0 Å². The lowest BCUT2D eigenvalue weighted by molar-refractivity contribution is -0.111. The summed E-state index contributed by atoms with van der Waals surface area (Å²) in [7, 11) is 3.19. The van der Waals surface area contributed by atoms with E-state index in [0.717, 1.165) is 28.0 Å². The van der Waals surface area contributed by atoms with Gasteiger partial charge >= 0.3 is 0 Å². The highest BCUT2D eigenvalue weighted by Gasteiger charge is 2.27. The largest absolute Gasteiger partial charge is 0.497 e. The molecule has 0 N–H and O–H groups in total. The predicted molar refractivity (Wildman–Crippen MR) is 69.0 cm³/mol. The predicted octanol–water partition coefficient (Wildman–Crippen LogP) is 2.59. The van der Waals surface area contributed by atoms with Gasteiger partial charge in [0.15, 0.2) is 5.78 Å². The van der Waals surface area contributed by atoms with Crippen molar-refractivity contribution >= 4 is 17.4 Å². The Morgan fingerprint density at radius 1 is 0.944 bits per heavy atom. The second-order valence-electron chi connectivity index (χ2n) is 4.18. The highest BCUT2D eigenvalue weighted by Crippen LogP contribution is 2.40. The van der Waals surface area contributed by atoms with Crippen LogP contribution in [0.15, 0.2) is 41.7 Å². The first-order valence-electron chi connectivity index (χ1n) is 5.65. The Morgan fingerprint density at radius 3 is 2.50 bits per heavy atom. The molecule has 0 unspecified atom stereocenters. The molecule has 0 spiro atoms. The lowest BCUT2D eigenvalue weighted by Crippen LogP contribution is -2.05. The maximum absolute atomic E-state index is 12.0. The fraction of sp³-hybridized carbons (Fsp3) is 0.133. The molecule has 3 heteroatoms. The Bertz CT molecular complexity index is 633. The number of allylic oxidation sites excluding steroid dienone is 4. The number of fused-ring (bicyclic) bond motifs is 3. The van der Waals surface area contributed by atoms with Crippen LogP contribution in [-0.4, -0.2) is 20.0 Å². The monoisotopic (exact) mass is 240 g/mol. The van der Waals surface area contributed by atoms with E-state index < -0.39 is 0 Å². The lowest BCUT2D eigenvalue weighted by atomic mass is 9.95. The zero-order valence-electron chi connectivity index (χ0n) is 10.2. The van der Waals surface area contributed by atoms with Crippen LogP contribution >= 0.6 is 0 Å². The van der Waals surface area contributed by atoms with Gasteiger partial charge in [0, 0.05) is 11.6 Å². The van der Waals surface area contributed by atoms with Crippen molar-refractivity contribution in [1.82, 2.24) is 0 Å². The van der Waals surface area contributed by atoms with Crippen LogP contribution in [0, 0.1) is 0 Å². The molecule has 0 amide bonds. The molecule has 2 aliphatic carbocycles. The van der Waals surface area contributed by atoms with Crippen molar-refractivity contribution in [3.8, 4) is 5.75 Å². The zero-order valence-corrected chi connectivity index (χ0v) is 10.2. The average Bonchev–Trinajstić information content (AvgIpc) is 2.77. The topological polar surface area (TPSA) is 35.5 Å². The van der Waals surface area contributed by atoms with Gasteiger partial charge in [-0.05, 0) is 41.0 Å². The van der Waals surface area contributed by atoms with Crippen LogP contribution in [-0.2, 0) is 9.53 Å². The molecule has 90 valence electrons. The van der Waals surface area contributed by atoms with Crippen molar-refractivity contribution in [2.45, 2.75) is 0 Å². The summed E-state index contributed by atoms with van der Waals surface area (Å²) in [6, 6.07) is 5.79. The average molecular weight is 240 g/mol. The number of rotatable bonds is 2. The summed E-state index contributed by atoms with van der Waals surface area (Å²) >= 11 is 0. The van der Waals surface area contributed by atoms with E-state index in [2.05, 4.69) is 0 Å². The van der Waals surface area contributed by atoms with Gasteiger partial charge in [-0.2, -0.15) is 0 Å². The molecule has 0 heterocycles. The smallest absolute Gasteiger partial charge is 0.190 e. The van der Waals surface area contributed by atoms with E-state index >= 15 is 0 Å². The molecule has 3 nitrogen and oxygen atoms in total. The van der Waals surface area contributed by atoms with Crippen molar-refractivity contribution in [2.24, 2.45) is 0 Å². The second-order valence-corrected chi connectivity index (χ2v) is 4.18. The van der Waals surface area contributed by atoms with Crippen LogP contribution in [0.4, 0.5) is 0 Å². The third-order valence-electron chi connectivity index (χ3n) is 3.20. The van der Waals surface area contributed by atoms with E-state index in [9.17, 15) is 4.79 Å². The molecule has 1 aromatic carbocycles. The summed E-state index contributed by atoms with van der Waals surface area (Å²) in [5.74, 6) is 1.35. The Balaban J connectivity index is 2.16. The Labute approximate surface area is 105 Å². The van der Waals surface area contributed by atoms with E-state index in [1.807, 2.05) is 30.4 Å². The van der Waals surface area contributed by atoms with Gasteiger partial charge in [-0.15, -0.1) is 0 Å². The van der Waals surface area contributed by atoms with Crippen LogP contribution < -0.4 is 4.74 Å². The second kappa shape index (κ2) is 3.88. The van der Waals surface area contributed by atoms with Crippen LogP contribution in [0.1, 0.15) is 11.1 Å². The van der Waals surface area contributed by atoms with E-state index in [4.69, 9.17) is 9.47 Å². The van der Waals surface area contributed by atoms with Crippen molar-refractivity contribution < 1.29 is 14.3 Å². The van der Waals surface area contributed by atoms with Crippen LogP contribution in [0.5, 0.6) is 5.75 Å². The summed E-state index contributed by atoms with van der Waals surface area (Å²) in [6.07, 6.45) is 5.31. The number of benzene rings is 1. The first-order chi connectivity index (χ1) is 8.72. The van der Waals surface area contributed by atoms with E-state index in [1.54, 1.807) is 14.2 Å². The first kappa shape index (κ1) is 10.8. The zero-order chi connectivity index (χ0) is 12.7. The fourth-order valence-corrected chi connectivity index (χ4v) is 2.27. The molecule has 18 heavy (non-hydrogen) atoms. The molecule has 0 aromatic heterocycles. The molecule has 0 fully saturated rings. The lowest BCUT2D eigenvalue weighted by Gasteiger charge is -2.12. The molecule has 0 saturated carbocycles. The Hall–Kier alpha value is -2.29. The van der Waals surface area contributed by atoms with Crippen molar-refractivity contribution in [2.75, 3.05) is 14.2 Å². The Morgan fingerprint density at radius 2 is 1.78 bits per heavy atom. The fourth-order valence-electron chi connectivity index (χ4n) is 2.27. The van der Waals surface area contributed by atoms with Gasteiger partial charge in [0.2, 0.25) is 0 Å². The number of ketones is 1. The summed E-state index contributed by atoms with van der Waals surface area (Å²) in [4.78, 5) is 12.0. The third-order valence-corrected chi connectivity index (χ3v) is 3.20. The highest BCUT2D eigenvalue weighted by atomic mass is 16.5. The number of ether oxygens (including phenoxy) is 2. The molecule has 0 atom stereocenters. The number of carbonyl (C=O) groups excluding carboxylic acids is 1. The minimum absolute atomic E-state index is 0.0143. The van der Waals surface area contributed by atoms with Gasteiger partial charge in [0.25, 0.3) is 0 Å². The SMILES string of the molecule is COC1=CC(=O)C2=Cc3ccc(OC)cc3C2=C1. The standard InChI is InChI=1S/C15H12O3/c1-17-10-4-3-9-5-14-13(12(9)6-10)7-11(18-2)8-15(14)16/h3-8H,1-2H3. The molecule has 0 radical (unpaired) electrons. The minimum atomic E-state index is -0.0143. The molecule has 0 saturated heterocycles. The van der Waals surface area contributed by atoms with Crippen molar-refractivity contribution in [3.05, 3.63) is 52.8 Å². The van der Waals surface area contributed by atoms with Crippen molar-refractivity contribution in [3.63, 3.8) is 0 Å². The van der Waals surface area contributed by atoms with Crippen LogP contribution in [0.25, 0.3) is 11.6 Å². The molecule has 1 aromatic rings. The Kier molecular flexibility index (Phi) is 2.33. The number of hydrogen-bond acceptors (Lipinski definition) is 3. The quantitative estimate of drug-likeness (QED) is 0.797. The highest BCUT2D eigenvalue weighted by molar-refractivity contribution is 6.23. The molecule has 3 rings (SSSR count). The van der Waals surface area contributed by atoms with Gasteiger partial charge in [-0.1, -0.05) is 6.07 Å². The first-order valence-corrected chi connectivity index (χ1v) is 5.65. The number of carbonyl (C=O) groups is 1. The molecule has 0 bridgehead atoms. The molecular formula is C15H12O3. The summed E-state index contributed by atoms with van der Waals surface area (Å²) < 4.78 is 10.4. The summed E-state index contributed by atoms with van der Waals surface area (Å²) in [5, 5.41) is 0. The van der Waals surface area contributed by atoms with Crippen LogP contribution in [0.2, 0.25) is 0 Å². The van der Waals surface area contributed by atoms with Gasteiger partial charge in [-0.3, -0.25) is 4.79 Å². The number of hydrogen-bond donors (Lipinski definition) is 0. The number of methoxy groups -OCH3 is 2. The maximum Gasteiger partial charge on any atom is 0.190 e. The summed E-state index contributed by atoms with van der Waals surface area (Å²) in [6.45, 7) is 0. The molecule has 2 aliphatic rings. The van der Waals surface area contributed by atoms with E-state index in [-0.39, 0.29) is 5.78 Å². The molecule has 0 aliphatic heterocycles. The van der Waals surface area contributed by atoms with Gasteiger partial charge in [0.1, 0.15) is 11.5 Å². The summed E-state index contributed by atoms with van der Waals surface area (Å²) in [5.41, 5.74) is 3.68. The maximum atomic E-state index is 12.0. The normalized spacial score (nSPS) is 16.3. The van der Waals surface area contributed by atoms with Crippen molar-refractivity contribution in [1.29, 1.82) is 0 Å².